The number of nitrogens with two attached hydrogens (primary N) is 1. The van der Waals surface area contributed by atoms with E-state index in [1.54, 1.807) is 0 Å². The summed E-state index contributed by atoms with van der Waals surface area (Å²) in [7, 11) is -2.48. The number of hydrogen-bond donors (Lipinski definition) is 1. The highest BCUT2D eigenvalue weighted by Gasteiger charge is 2.25. The van der Waals surface area contributed by atoms with E-state index >= 15 is 0 Å². The molecule has 7 heteroatoms. The second-order valence-electron chi connectivity index (χ2n) is 5.22. The van der Waals surface area contributed by atoms with E-state index in [-0.39, 0.29) is 23.7 Å². The minimum atomic E-state index is -3.78. The summed E-state index contributed by atoms with van der Waals surface area (Å²) in [5.74, 6) is -0.710. The molecule has 2 rings (SSSR count). The van der Waals surface area contributed by atoms with Gasteiger partial charge >= 0.3 is 0 Å². The zero-order valence-corrected chi connectivity index (χ0v) is 14.3. The lowest BCUT2D eigenvalue weighted by molar-refractivity contribution is 0.383. The topological polar surface area (TPSA) is 72.6 Å². The highest BCUT2D eigenvalue weighted by molar-refractivity contribution is 7.89. The highest BCUT2D eigenvalue weighted by Crippen LogP contribution is 2.24. The van der Waals surface area contributed by atoms with Crippen molar-refractivity contribution in [1.29, 1.82) is 0 Å². The molecule has 2 aromatic carbocycles. The maximum atomic E-state index is 13.5. The fourth-order valence-corrected chi connectivity index (χ4v) is 3.82. The minimum absolute atomic E-state index is 0.0118. The Bertz CT molecular complexity index is 767. The van der Waals surface area contributed by atoms with Gasteiger partial charge < -0.3 is 10.5 Å². The normalized spacial score (nSPS) is 11.7. The monoisotopic (exact) mass is 352 g/mol. The van der Waals surface area contributed by atoms with Crippen LogP contribution in [0.15, 0.2) is 53.4 Å². The molecule has 0 saturated carbocycles. The molecule has 0 aliphatic heterocycles. The number of sulfonamides is 1. The van der Waals surface area contributed by atoms with Gasteiger partial charge in [-0.25, -0.2) is 12.8 Å². The standard InChI is InChI=1S/C17H21FN2O3S/c1-23-17-13-15(7-8-16(17)18)24(21,22)20(12-10-19)11-9-14-5-3-2-4-6-14/h2-8,13H,9-12,19H2,1H3. The van der Waals surface area contributed by atoms with Crippen LogP contribution in [0.4, 0.5) is 4.39 Å². The van der Waals surface area contributed by atoms with Crippen LogP contribution in [-0.4, -0.2) is 39.5 Å². The minimum Gasteiger partial charge on any atom is -0.494 e. The van der Waals surface area contributed by atoms with Crippen molar-refractivity contribution in [2.45, 2.75) is 11.3 Å². The van der Waals surface area contributed by atoms with Crippen LogP contribution in [0.25, 0.3) is 0 Å². The molecule has 0 spiro atoms. The summed E-state index contributed by atoms with van der Waals surface area (Å²) in [5.41, 5.74) is 6.60. The predicted molar refractivity (Wildman–Crippen MR) is 90.9 cm³/mol. The number of ether oxygens (including phenoxy) is 1. The van der Waals surface area contributed by atoms with Gasteiger partial charge in [0.1, 0.15) is 0 Å². The Kier molecular flexibility index (Phi) is 6.30. The number of rotatable bonds is 8. The number of halogens is 1. The summed E-state index contributed by atoms with van der Waals surface area (Å²) >= 11 is 0. The van der Waals surface area contributed by atoms with Crippen LogP contribution in [0.3, 0.4) is 0 Å². The molecule has 130 valence electrons. The molecule has 0 atom stereocenters. The van der Waals surface area contributed by atoms with Crippen LogP contribution >= 0.6 is 0 Å². The van der Waals surface area contributed by atoms with E-state index in [0.717, 1.165) is 11.6 Å². The summed E-state index contributed by atoms with van der Waals surface area (Å²) in [6, 6.07) is 13.1. The van der Waals surface area contributed by atoms with Crippen LogP contribution < -0.4 is 10.5 Å². The van der Waals surface area contributed by atoms with Gasteiger partial charge in [-0.2, -0.15) is 4.31 Å². The molecule has 0 aliphatic rings. The van der Waals surface area contributed by atoms with Gasteiger partial charge in [0.25, 0.3) is 0 Å². The van der Waals surface area contributed by atoms with Crippen molar-refractivity contribution < 1.29 is 17.5 Å². The molecule has 0 radical (unpaired) electrons. The van der Waals surface area contributed by atoms with Gasteiger partial charge in [0.2, 0.25) is 10.0 Å². The Morgan fingerprint density at radius 3 is 2.46 bits per heavy atom. The maximum absolute atomic E-state index is 13.5. The van der Waals surface area contributed by atoms with Crippen molar-refractivity contribution in [2.24, 2.45) is 5.73 Å². The number of hydrogen-bond acceptors (Lipinski definition) is 4. The van der Waals surface area contributed by atoms with Crippen LogP contribution in [0.2, 0.25) is 0 Å². The number of benzene rings is 2. The van der Waals surface area contributed by atoms with Crippen molar-refractivity contribution in [2.75, 3.05) is 26.7 Å². The van der Waals surface area contributed by atoms with E-state index in [1.807, 2.05) is 30.3 Å². The average Bonchev–Trinajstić information content (AvgIpc) is 2.59. The SMILES string of the molecule is COc1cc(S(=O)(=O)N(CCN)CCc2ccccc2)ccc1F. The third-order valence-electron chi connectivity index (χ3n) is 3.63. The van der Waals surface area contributed by atoms with Crippen molar-refractivity contribution in [3.63, 3.8) is 0 Å². The van der Waals surface area contributed by atoms with Crippen LogP contribution in [-0.2, 0) is 16.4 Å². The largest absolute Gasteiger partial charge is 0.494 e. The lowest BCUT2D eigenvalue weighted by atomic mass is 10.1. The first kappa shape index (κ1) is 18.4. The molecule has 0 bridgehead atoms. The fraction of sp³-hybridized carbons (Fsp3) is 0.294. The molecule has 0 unspecified atom stereocenters. The predicted octanol–water partition coefficient (Wildman–Crippen LogP) is 2.03. The van der Waals surface area contributed by atoms with Gasteiger partial charge in [-0.1, -0.05) is 30.3 Å². The van der Waals surface area contributed by atoms with E-state index in [1.165, 1.54) is 23.5 Å². The Morgan fingerprint density at radius 1 is 1.12 bits per heavy atom. The number of nitrogens with zero attached hydrogens (tertiary/aromatic N) is 1. The van der Waals surface area contributed by atoms with E-state index in [9.17, 15) is 12.8 Å². The van der Waals surface area contributed by atoms with Gasteiger partial charge in [-0.15, -0.1) is 0 Å². The van der Waals surface area contributed by atoms with Crippen molar-refractivity contribution in [3.05, 3.63) is 59.9 Å². The fourth-order valence-electron chi connectivity index (χ4n) is 2.34. The molecule has 24 heavy (non-hydrogen) atoms. The molecular formula is C17H21FN2O3S. The summed E-state index contributed by atoms with van der Waals surface area (Å²) in [6.45, 7) is 0.685. The molecule has 0 saturated heterocycles. The van der Waals surface area contributed by atoms with Gasteiger partial charge in [-0.3, -0.25) is 0 Å². The first-order chi connectivity index (χ1) is 11.5. The average molecular weight is 352 g/mol. The smallest absolute Gasteiger partial charge is 0.243 e. The van der Waals surface area contributed by atoms with Gasteiger partial charge in [0.15, 0.2) is 11.6 Å². The molecule has 2 N–H and O–H groups in total. The summed E-state index contributed by atoms with van der Waals surface area (Å²) in [6.07, 6.45) is 0.568. The Labute approximate surface area is 141 Å². The molecule has 2 aromatic rings. The van der Waals surface area contributed by atoms with Crippen molar-refractivity contribution >= 4 is 10.0 Å². The van der Waals surface area contributed by atoms with E-state index in [0.29, 0.717) is 13.0 Å². The Hall–Kier alpha value is -1.96. The maximum Gasteiger partial charge on any atom is 0.243 e. The van der Waals surface area contributed by atoms with Gasteiger partial charge in [-0.05, 0) is 24.1 Å². The quantitative estimate of drug-likeness (QED) is 0.789. The first-order valence-electron chi connectivity index (χ1n) is 7.56. The zero-order chi connectivity index (χ0) is 17.6. The zero-order valence-electron chi connectivity index (χ0n) is 13.5. The molecule has 0 aromatic heterocycles. The first-order valence-corrected chi connectivity index (χ1v) is 9.00. The van der Waals surface area contributed by atoms with Crippen LogP contribution in [0.5, 0.6) is 5.75 Å². The van der Waals surface area contributed by atoms with E-state index in [2.05, 4.69) is 0 Å². The molecule has 0 heterocycles. The Balaban J connectivity index is 2.24. The van der Waals surface area contributed by atoms with Gasteiger partial charge in [0, 0.05) is 25.7 Å². The van der Waals surface area contributed by atoms with Crippen LogP contribution in [0, 0.1) is 5.82 Å². The van der Waals surface area contributed by atoms with E-state index in [4.69, 9.17) is 10.5 Å². The second kappa shape index (κ2) is 8.23. The summed E-state index contributed by atoms with van der Waals surface area (Å²) in [4.78, 5) is -0.0118. The molecule has 0 amide bonds. The summed E-state index contributed by atoms with van der Waals surface area (Å²) in [5, 5.41) is 0. The molecule has 5 nitrogen and oxygen atoms in total. The lowest BCUT2D eigenvalue weighted by Crippen LogP contribution is -2.37. The van der Waals surface area contributed by atoms with Crippen molar-refractivity contribution in [3.8, 4) is 5.75 Å². The summed E-state index contributed by atoms with van der Waals surface area (Å²) < 4.78 is 45.3. The van der Waals surface area contributed by atoms with Crippen molar-refractivity contribution in [1.82, 2.24) is 4.31 Å². The van der Waals surface area contributed by atoms with E-state index < -0.39 is 15.8 Å². The third-order valence-corrected chi connectivity index (χ3v) is 5.53. The third kappa shape index (κ3) is 4.31. The van der Waals surface area contributed by atoms with Gasteiger partial charge in [0.05, 0.1) is 12.0 Å². The molecule has 0 aliphatic carbocycles. The lowest BCUT2D eigenvalue weighted by Gasteiger charge is -2.22. The highest BCUT2D eigenvalue weighted by atomic mass is 32.2. The number of methoxy groups -OCH3 is 1. The second-order valence-corrected chi connectivity index (χ2v) is 7.16. The molecule has 0 fully saturated rings. The Morgan fingerprint density at radius 2 is 1.83 bits per heavy atom. The molecular weight excluding hydrogens is 331 g/mol. The van der Waals surface area contributed by atoms with Crippen LogP contribution in [0.1, 0.15) is 5.56 Å².